The van der Waals surface area contributed by atoms with Gasteiger partial charge in [-0.25, -0.2) is 0 Å². The normalized spacial score (nSPS) is 13.6. The van der Waals surface area contributed by atoms with Crippen LogP contribution in [-0.4, -0.2) is 53.4 Å². The van der Waals surface area contributed by atoms with Gasteiger partial charge in [0.25, 0.3) is 0 Å². The molecule has 1 amide bonds. The monoisotopic (exact) mass is 385 g/mol. The maximum Gasteiger partial charge on any atom is 0.224 e. The third-order valence-electron chi connectivity index (χ3n) is 4.52. The van der Waals surface area contributed by atoms with E-state index in [9.17, 15) is 4.79 Å². The van der Waals surface area contributed by atoms with E-state index in [1.54, 1.807) is 13.4 Å². The molecule has 0 bridgehead atoms. The van der Waals surface area contributed by atoms with Crippen molar-refractivity contribution in [2.24, 2.45) is 4.99 Å². The summed E-state index contributed by atoms with van der Waals surface area (Å²) in [4.78, 5) is 15.6. The van der Waals surface area contributed by atoms with Crippen LogP contribution in [0.4, 0.5) is 5.69 Å². The molecule has 1 aliphatic rings. The summed E-state index contributed by atoms with van der Waals surface area (Å²) in [6, 6.07) is 5.76. The Bertz CT molecular complexity index is 831. The van der Waals surface area contributed by atoms with E-state index in [2.05, 4.69) is 38.1 Å². The largest absolute Gasteiger partial charge is 0.492 e. The van der Waals surface area contributed by atoms with Gasteiger partial charge in [0, 0.05) is 38.7 Å². The summed E-state index contributed by atoms with van der Waals surface area (Å²) < 4.78 is 7.84. The van der Waals surface area contributed by atoms with Crippen molar-refractivity contribution in [2.75, 3.05) is 32.1 Å². The van der Waals surface area contributed by atoms with E-state index >= 15 is 0 Å². The van der Waals surface area contributed by atoms with Gasteiger partial charge in [-0.1, -0.05) is 6.92 Å². The minimum Gasteiger partial charge on any atom is -0.492 e. The zero-order valence-electron chi connectivity index (χ0n) is 16.4. The lowest BCUT2D eigenvalue weighted by atomic mass is 10.0. The van der Waals surface area contributed by atoms with Gasteiger partial charge >= 0.3 is 0 Å². The second-order valence-electron chi connectivity index (χ2n) is 6.44. The Kier molecular flexibility index (Phi) is 6.83. The van der Waals surface area contributed by atoms with Gasteiger partial charge in [0.05, 0.1) is 6.54 Å². The van der Waals surface area contributed by atoms with Gasteiger partial charge in [-0.3, -0.25) is 9.79 Å². The van der Waals surface area contributed by atoms with Crippen LogP contribution < -0.4 is 20.7 Å². The number of hydrogen-bond acceptors (Lipinski definition) is 5. The van der Waals surface area contributed by atoms with Crippen molar-refractivity contribution in [3.8, 4) is 5.75 Å². The Morgan fingerprint density at radius 2 is 2.18 bits per heavy atom. The number of fused-ring (bicyclic) bond motifs is 1. The predicted octanol–water partition coefficient (Wildman–Crippen LogP) is 0.969. The molecule has 0 unspecified atom stereocenters. The van der Waals surface area contributed by atoms with Crippen LogP contribution in [0.25, 0.3) is 0 Å². The topological polar surface area (TPSA) is 105 Å². The third-order valence-corrected chi connectivity index (χ3v) is 4.52. The molecule has 1 aromatic heterocycles. The first-order chi connectivity index (χ1) is 13.7. The number of aliphatic imine (C=N–C) groups is 1. The molecule has 0 aliphatic carbocycles. The van der Waals surface area contributed by atoms with Gasteiger partial charge in [-0.05, 0) is 30.2 Å². The van der Waals surface area contributed by atoms with Crippen LogP contribution >= 0.6 is 0 Å². The standard InChI is InChI=1S/C19H27N7O2/c1-3-17-25-23-13-26(17)10-8-21-19(20-2)22-9-11-28-15-5-6-16-14(12-15)4-7-18(27)24-16/h5-6,12-13H,3-4,7-11H2,1-2H3,(H,24,27)(H2,20,21,22). The maximum absolute atomic E-state index is 11.4. The highest BCUT2D eigenvalue weighted by Crippen LogP contribution is 2.26. The fourth-order valence-electron chi connectivity index (χ4n) is 3.04. The third kappa shape index (κ3) is 5.21. The van der Waals surface area contributed by atoms with Crippen LogP contribution in [-0.2, 0) is 24.2 Å². The lowest BCUT2D eigenvalue weighted by Gasteiger charge is -2.18. The molecular formula is C19H27N7O2. The number of guanidine groups is 1. The number of aryl methyl sites for hydroxylation is 2. The maximum atomic E-state index is 11.4. The lowest BCUT2D eigenvalue weighted by molar-refractivity contribution is -0.116. The number of ether oxygens (including phenoxy) is 1. The minimum atomic E-state index is 0.0690. The summed E-state index contributed by atoms with van der Waals surface area (Å²) in [6.07, 6.45) is 3.88. The Balaban J connectivity index is 1.37. The number of nitrogens with zero attached hydrogens (tertiary/aromatic N) is 4. The zero-order valence-corrected chi connectivity index (χ0v) is 16.4. The molecule has 9 heteroatoms. The van der Waals surface area contributed by atoms with Crippen molar-refractivity contribution in [3.63, 3.8) is 0 Å². The summed E-state index contributed by atoms with van der Waals surface area (Å²) in [6.45, 7) is 4.70. The van der Waals surface area contributed by atoms with Gasteiger partial charge in [-0.15, -0.1) is 10.2 Å². The molecule has 2 heterocycles. The molecule has 2 aromatic rings. The van der Waals surface area contributed by atoms with Gasteiger partial charge < -0.3 is 25.3 Å². The number of anilines is 1. The Morgan fingerprint density at radius 1 is 1.32 bits per heavy atom. The number of carbonyl (C=O) groups excluding carboxylic acids is 1. The summed E-state index contributed by atoms with van der Waals surface area (Å²) in [5.74, 6) is 2.57. The Labute approximate surface area is 164 Å². The number of nitrogens with one attached hydrogen (secondary N) is 3. The molecule has 0 radical (unpaired) electrons. The molecule has 1 aliphatic heterocycles. The highest BCUT2D eigenvalue weighted by atomic mass is 16.5. The summed E-state index contributed by atoms with van der Waals surface area (Å²) in [5.41, 5.74) is 1.99. The van der Waals surface area contributed by atoms with Crippen molar-refractivity contribution in [1.29, 1.82) is 0 Å². The molecule has 9 nitrogen and oxygen atoms in total. The number of carbonyl (C=O) groups is 1. The highest BCUT2D eigenvalue weighted by molar-refractivity contribution is 5.94. The number of rotatable bonds is 8. The molecule has 0 fully saturated rings. The van der Waals surface area contributed by atoms with Crippen LogP contribution in [0.2, 0.25) is 0 Å². The Hall–Kier alpha value is -3.10. The molecule has 0 spiro atoms. The molecule has 3 N–H and O–H groups in total. The Morgan fingerprint density at radius 3 is 3.00 bits per heavy atom. The van der Waals surface area contributed by atoms with Crippen LogP contribution in [0.3, 0.4) is 0 Å². The summed E-state index contributed by atoms with van der Waals surface area (Å²) >= 11 is 0. The average molecular weight is 385 g/mol. The second-order valence-corrected chi connectivity index (χ2v) is 6.44. The van der Waals surface area contributed by atoms with Crippen molar-refractivity contribution >= 4 is 17.6 Å². The SMILES string of the molecule is CCc1nncn1CCNC(=NC)NCCOc1ccc2c(c1)CCC(=O)N2. The van der Waals surface area contributed by atoms with Crippen molar-refractivity contribution in [1.82, 2.24) is 25.4 Å². The van der Waals surface area contributed by atoms with Crippen LogP contribution in [0.5, 0.6) is 5.75 Å². The first-order valence-electron chi connectivity index (χ1n) is 9.56. The average Bonchev–Trinajstić information content (AvgIpc) is 3.17. The number of hydrogen-bond donors (Lipinski definition) is 3. The fraction of sp³-hybridized carbons (Fsp3) is 0.474. The van der Waals surface area contributed by atoms with Gasteiger partial charge in [0.2, 0.25) is 5.91 Å². The zero-order chi connectivity index (χ0) is 19.8. The number of aromatic nitrogens is 3. The van der Waals surface area contributed by atoms with E-state index in [0.717, 1.165) is 54.7 Å². The van der Waals surface area contributed by atoms with Crippen molar-refractivity contribution in [2.45, 2.75) is 32.7 Å². The van der Waals surface area contributed by atoms with Crippen molar-refractivity contribution in [3.05, 3.63) is 35.9 Å². The van der Waals surface area contributed by atoms with E-state index in [1.807, 2.05) is 22.8 Å². The molecule has 3 rings (SSSR count). The lowest BCUT2D eigenvalue weighted by Crippen LogP contribution is -2.40. The first-order valence-corrected chi connectivity index (χ1v) is 9.56. The van der Waals surface area contributed by atoms with Crippen molar-refractivity contribution < 1.29 is 9.53 Å². The van der Waals surface area contributed by atoms with Gasteiger partial charge in [-0.2, -0.15) is 0 Å². The van der Waals surface area contributed by atoms with Gasteiger partial charge in [0.15, 0.2) is 5.96 Å². The fourth-order valence-corrected chi connectivity index (χ4v) is 3.04. The summed E-state index contributed by atoms with van der Waals surface area (Å²) in [7, 11) is 1.74. The smallest absolute Gasteiger partial charge is 0.224 e. The van der Waals surface area contributed by atoms with Crippen LogP contribution in [0, 0.1) is 0 Å². The first kappa shape index (κ1) is 19.7. The van der Waals surface area contributed by atoms with Crippen LogP contribution in [0.1, 0.15) is 24.7 Å². The van der Waals surface area contributed by atoms with E-state index in [0.29, 0.717) is 19.6 Å². The predicted molar refractivity (Wildman–Crippen MR) is 108 cm³/mol. The van der Waals surface area contributed by atoms with E-state index in [1.165, 1.54) is 0 Å². The molecule has 1 aromatic carbocycles. The molecular weight excluding hydrogens is 358 g/mol. The van der Waals surface area contributed by atoms with Gasteiger partial charge in [0.1, 0.15) is 24.5 Å². The molecule has 0 atom stereocenters. The van der Waals surface area contributed by atoms with E-state index in [-0.39, 0.29) is 5.91 Å². The van der Waals surface area contributed by atoms with E-state index < -0.39 is 0 Å². The number of benzene rings is 1. The molecule has 0 saturated carbocycles. The number of amides is 1. The molecule has 150 valence electrons. The van der Waals surface area contributed by atoms with E-state index in [4.69, 9.17) is 4.74 Å². The second kappa shape index (κ2) is 9.72. The quantitative estimate of drug-likeness (QED) is 0.355. The summed E-state index contributed by atoms with van der Waals surface area (Å²) in [5, 5.41) is 17.4. The minimum absolute atomic E-state index is 0.0690. The van der Waals surface area contributed by atoms with Crippen LogP contribution in [0.15, 0.2) is 29.5 Å². The highest BCUT2D eigenvalue weighted by Gasteiger charge is 2.14. The molecule has 0 saturated heterocycles. The molecule has 28 heavy (non-hydrogen) atoms.